The van der Waals surface area contributed by atoms with E-state index in [1.54, 1.807) is 27.5 Å². The summed E-state index contributed by atoms with van der Waals surface area (Å²) < 4.78 is 16.2. The molecule has 0 saturated carbocycles. The topological polar surface area (TPSA) is 135 Å². The summed E-state index contributed by atoms with van der Waals surface area (Å²) in [5, 5.41) is 0. The maximum Gasteiger partial charge on any atom is 0.224 e. The molecular weight excluding hydrogens is 350 g/mol. The summed E-state index contributed by atoms with van der Waals surface area (Å²) in [6, 6.07) is 3.71. The molecule has 0 aliphatic heterocycles. The average molecular weight is 371 g/mol. The quantitative estimate of drug-likeness (QED) is 0.651. The molecule has 0 fully saturated rings. The zero-order chi connectivity index (χ0) is 19.6. The standard InChI is InChI=1S/C17H21N7O3/c1-24(10-5-11(25-2)14(27-4)12(6-10)26-3)8-9-7-20-16-13(21-9)15(18)22-17(19)23-16/h5-7H,8H2,1-4H3,(H4,18,19,20,22,23). The van der Waals surface area contributed by atoms with Gasteiger partial charge >= 0.3 is 0 Å². The van der Waals surface area contributed by atoms with Gasteiger partial charge in [0.25, 0.3) is 0 Å². The number of rotatable bonds is 6. The molecule has 3 rings (SSSR count). The van der Waals surface area contributed by atoms with Gasteiger partial charge in [-0.3, -0.25) is 0 Å². The molecule has 0 saturated heterocycles. The summed E-state index contributed by atoms with van der Waals surface area (Å²) in [6.45, 7) is 0.464. The van der Waals surface area contributed by atoms with E-state index in [0.29, 0.717) is 40.7 Å². The number of benzene rings is 1. The van der Waals surface area contributed by atoms with Crippen LogP contribution < -0.4 is 30.6 Å². The van der Waals surface area contributed by atoms with Crippen molar-refractivity contribution < 1.29 is 14.2 Å². The Morgan fingerprint density at radius 3 is 2.22 bits per heavy atom. The molecule has 0 unspecified atom stereocenters. The minimum absolute atomic E-state index is 0.0663. The molecular formula is C17H21N7O3. The molecule has 2 heterocycles. The monoisotopic (exact) mass is 371 g/mol. The third kappa shape index (κ3) is 3.54. The molecule has 3 aromatic rings. The van der Waals surface area contributed by atoms with Gasteiger partial charge in [-0.1, -0.05) is 0 Å². The lowest BCUT2D eigenvalue weighted by Gasteiger charge is -2.22. The summed E-state index contributed by atoms with van der Waals surface area (Å²) in [5.41, 5.74) is 13.8. The third-order valence-corrected chi connectivity index (χ3v) is 3.99. The largest absolute Gasteiger partial charge is 0.493 e. The van der Waals surface area contributed by atoms with E-state index in [2.05, 4.69) is 19.9 Å². The number of methoxy groups -OCH3 is 3. The summed E-state index contributed by atoms with van der Waals surface area (Å²) in [5.74, 6) is 1.93. The predicted molar refractivity (Wildman–Crippen MR) is 102 cm³/mol. The molecule has 0 radical (unpaired) electrons. The molecule has 0 bridgehead atoms. The smallest absolute Gasteiger partial charge is 0.224 e. The van der Waals surface area contributed by atoms with Gasteiger partial charge in [-0.05, 0) is 0 Å². The Labute approximate surface area is 156 Å². The lowest BCUT2D eigenvalue weighted by atomic mass is 10.2. The highest BCUT2D eigenvalue weighted by atomic mass is 16.5. The zero-order valence-corrected chi connectivity index (χ0v) is 15.6. The van der Waals surface area contributed by atoms with Crippen molar-refractivity contribution in [3.8, 4) is 17.2 Å². The van der Waals surface area contributed by atoms with Crippen LogP contribution in [-0.4, -0.2) is 48.3 Å². The van der Waals surface area contributed by atoms with Crippen molar-refractivity contribution in [2.45, 2.75) is 6.54 Å². The van der Waals surface area contributed by atoms with E-state index in [4.69, 9.17) is 25.7 Å². The predicted octanol–water partition coefficient (Wildman–Crippen LogP) is 1.25. The van der Waals surface area contributed by atoms with Gasteiger partial charge in [-0.15, -0.1) is 0 Å². The van der Waals surface area contributed by atoms with Crippen molar-refractivity contribution in [2.75, 3.05) is 44.7 Å². The fourth-order valence-electron chi connectivity index (χ4n) is 2.68. The lowest BCUT2D eigenvalue weighted by molar-refractivity contribution is 0.324. The number of ether oxygens (including phenoxy) is 3. The molecule has 4 N–H and O–H groups in total. The Kier molecular flexibility index (Phi) is 4.97. The highest BCUT2D eigenvalue weighted by Gasteiger charge is 2.16. The Morgan fingerprint density at radius 2 is 1.63 bits per heavy atom. The fraction of sp³-hybridized carbons (Fsp3) is 0.294. The maximum atomic E-state index is 5.88. The SMILES string of the molecule is COc1cc(N(C)Cc2cnc3nc(N)nc(N)c3n2)cc(OC)c1OC. The number of hydrogen-bond donors (Lipinski definition) is 2. The van der Waals surface area contributed by atoms with Crippen molar-refractivity contribution >= 4 is 28.6 Å². The highest BCUT2D eigenvalue weighted by molar-refractivity contribution is 5.81. The van der Waals surface area contributed by atoms with Crippen LogP contribution in [0.2, 0.25) is 0 Å². The van der Waals surface area contributed by atoms with Crippen LogP contribution in [-0.2, 0) is 6.54 Å². The molecule has 0 amide bonds. The van der Waals surface area contributed by atoms with E-state index >= 15 is 0 Å². The van der Waals surface area contributed by atoms with Gasteiger partial charge < -0.3 is 30.6 Å². The summed E-state index contributed by atoms with van der Waals surface area (Å²) in [6.07, 6.45) is 1.63. The number of nitrogens with two attached hydrogens (primary N) is 2. The normalized spacial score (nSPS) is 10.7. The second-order valence-corrected chi connectivity index (χ2v) is 5.74. The molecule has 0 aliphatic carbocycles. The van der Waals surface area contributed by atoms with Gasteiger partial charge in [0, 0.05) is 24.9 Å². The number of nitrogens with zero attached hydrogens (tertiary/aromatic N) is 5. The van der Waals surface area contributed by atoms with E-state index in [1.807, 2.05) is 24.1 Å². The van der Waals surface area contributed by atoms with E-state index in [0.717, 1.165) is 5.69 Å². The summed E-state index contributed by atoms with van der Waals surface area (Å²) in [4.78, 5) is 18.7. The van der Waals surface area contributed by atoms with Crippen LogP contribution in [0.1, 0.15) is 5.69 Å². The van der Waals surface area contributed by atoms with Gasteiger partial charge in [-0.2, -0.15) is 9.97 Å². The Bertz CT molecular complexity index is 955. The molecule has 0 atom stereocenters. The van der Waals surface area contributed by atoms with Gasteiger partial charge in [-0.25, -0.2) is 9.97 Å². The minimum atomic E-state index is 0.0663. The van der Waals surface area contributed by atoms with E-state index in [9.17, 15) is 0 Å². The summed E-state index contributed by atoms with van der Waals surface area (Å²) in [7, 11) is 6.62. The number of anilines is 3. The number of fused-ring (bicyclic) bond motifs is 1. The Balaban J connectivity index is 1.93. The van der Waals surface area contributed by atoms with Crippen LogP contribution >= 0.6 is 0 Å². The van der Waals surface area contributed by atoms with Gasteiger partial charge in [0.2, 0.25) is 11.7 Å². The van der Waals surface area contributed by atoms with Crippen molar-refractivity contribution in [1.29, 1.82) is 0 Å². The molecule has 142 valence electrons. The van der Waals surface area contributed by atoms with E-state index in [-0.39, 0.29) is 11.8 Å². The molecule has 0 spiro atoms. The van der Waals surface area contributed by atoms with Crippen molar-refractivity contribution in [1.82, 2.24) is 19.9 Å². The van der Waals surface area contributed by atoms with Crippen molar-refractivity contribution in [3.05, 3.63) is 24.0 Å². The van der Waals surface area contributed by atoms with Crippen molar-refractivity contribution in [3.63, 3.8) is 0 Å². The molecule has 2 aromatic heterocycles. The van der Waals surface area contributed by atoms with Crippen LogP contribution in [0.25, 0.3) is 11.2 Å². The molecule has 27 heavy (non-hydrogen) atoms. The first-order valence-corrected chi connectivity index (χ1v) is 8.02. The van der Waals surface area contributed by atoms with Crippen LogP contribution in [0, 0.1) is 0 Å². The van der Waals surface area contributed by atoms with Crippen LogP contribution in [0.3, 0.4) is 0 Å². The van der Waals surface area contributed by atoms with Gasteiger partial charge in [0.1, 0.15) is 0 Å². The second kappa shape index (κ2) is 7.36. The second-order valence-electron chi connectivity index (χ2n) is 5.74. The third-order valence-electron chi connectivity index (χ3n) is 3.99. The summed E-state index contributed by atoms with van der Waals surface area (Å²) >= 11 is 0. The Hall–Kier alpha value is -3.56. The van der Waals surface area contributed by atoms with E-state index in [1.165, 1.54) is 0 Å². The molecule has 0 aliphatic rings. The van der Waals surface area contributed by atoms with Gasteiger partial charge in [0.15, 0.2) is 28.5 Å². The molecule has 10 nitrogen and oxygen atoms in total. The van der Waals surface area contributed by atoms with Crippen LogP contribution in [0.5, 0.6) is 17.2 Å². The minimum Gasteiger partial charge on any atom is -0.493 e. The maximum absolute atomic E-state index is 5.88. The first-order valence-electron chi connectivity index (χ1n) is 8.02. The highest BCUT2D eigenvalue weighted by Crippen LogP contribution is 2.41. The molecule has 10 heteroatoms. The fourth-order valence-corrected chi connectivity index (χ4v) is 2.68. The number of hydrogen-bond acceptors (Lipinski definition) is 10. The first-order chi connectivity index (χ1) is 13.0. The lowest BCUT2D eigenvalue weighted by Crippen LogP contribution is -2.18. The van der Waals surface area contributed by atoms with Crippen LogP contribution in [0.4, 0.5) is 17.5 Å². The number of aromatic nitrogens is 4. The first kappa shape index (κ1) is 18.2. The van der Waals surface area contributed by atoms with Crippen LogP contribution in [0.15, 0.2) is 18.3 Å². The van der Waals surface area contributed by atoms with E-state index < -0.39 is 0 Å². The van der Waals surface area contributed by atoms with Gasteiger partial charge in [0.05, 0.1) is 39.8 Å². The Morgan fingerprint density at radius 1 is 0.963 bits per heavy atom. The average Bonchev–Trinajstić information content (AvgIpc) is 2.67. The molecule has 1 aromatic carbocycles. The van der Waals surface area contributed by atoms with Crippen molar-refractivity contribution in [2.24, 2.45) is 0 Å². The zero-order valence-electron chi connectivity index (χ0n) is 15.6. The number of nitrogen functional groups attached to an aromatic ring is 2.